The van der Waals surface area contributed by atoms with Crippen molar-refractivity contribution in [3.05, 3.63) is 0 Å². The molecule has 0 aromatic heterocycles. The van der Waals surface area contributed by atoms with Crippen LogP contribution in [0.1, 0.15) is 59.8 Å². The second kappa shape index (κ2) is 10.2. The molecule has 0 saturated heterocycles. The zero-order valence-electron chi connectivity index (χ0n) is 13.1. The van der Waals surface area contributed by atoms with Crippen molar-refractivity contribution >= 4 is 5.91 Å². The molecule has 0 aliphatic carbocycles. The van der Waals surface area contributed by atoms with Crippen LogP contribution in [0.3, 0.4) is 0 Å². The van der Waals surface area contributed by atoms with E-state index in [0.29, 0.717) is 5.92 Å². The van der Waals surface area contributed by atoms with Crippen LogP contribution in [0.25, 0.3) is 0 Å². The van der Waals surface area contributed by atoms with E-state index >= 15 is 0 Å². The first-order valence-corrected chi connectivity index (χ1v) is 7.55. The predicted octanol–water partition coefficient (Wildman–Crippen LogP) is 2.46. The van der Waals surface area contributed by atoms with Gasteiger partial charge in [0.25, 0.3) is 0 Å². The molecule has 4 nitrogen and oxygen atoms in total. The molecule has 0 bridgehead atoms. The topological polar surface area (TPSA) is 64.3 Å². The number of carbonyl (C=O) groups is 1. The van der Waals surface area contributed by atoms with Gasteiger partial charge in [0.15, 0.2) is 0 Å². The fourth-order valence-corrected chi connectivity index (χ4v) is 1.80. The van der Waals surface area contributed by atoms with Crippen molar-refractivity contribution in [1.29, 1.82) is 0 Å². The van der Waals surface area contributed by atoms with E-state index in [-0.39, 0.29) is 5.91 Å². The molecule has 1 atom stereocenters. The summed E-state index contributed by atoms with van der Waals surface area (Å²) in [5.41, 5.74) is 4.90. The summed E-state index contributed by atoms with van der Waals surface area (Å²) in [5.74, 6) is 0.429. The third kappa shape index (κ3) is 9.00. The Kier molecular flexibility index (Phi) is 9.88. The Morgan fingerprint density at radius 1 is 1.32 bits per heavy atom. The summed E-state index contributed by atoms with van der Waals surface area (Å²) in [7, 11) is 0. The fraction of sp³-hybridized carbons (Fsp3) is 0.933. The summed E-state index contributed by atoms with van der Waals surface area (Å²) < 4.78 is 5.56. The number of nitrogens with one attached hydrogen (secondary N) is 1. The Morgan fingerprint density at radius 2 is 2.00 bits per heavy atom. The van der Waals surface area contributed by atoms with Crippen LogP contribution in [0.5, 0.6) is 0 Å². The average molecular weight is 272 g/mol. The molecule has 0 saturated carbocycles. The van der Waals surface area contributed by atoms with Crippen molar-refractivity contribution in [2.45, 2.75) is 65.3 Å². The number of carbonyl (C=O) groups excluding carboxylic acids is 1. The number of rotatable bonds is 12. The van der Waals surface area contributed by atoms with Gasteiger partial charge in [0.1, 0.15) is 0 Å². The van der Waals surface area contributed by atoms with Gasteiger partial charge in [-0.25, -0.2) is 0 Å². The number of ether oxygens (including phenoxy) is 1. The first kappa shape index (κ1) is 18.4. The van der Waals surface area contributed by atoms with Gasteiger partial charge < -0.3 is 15.8 Å². The lowest BCUT2D eigenvalue weighted by atomic mass is 9.94. The van der Waals surface area contributed by atoms with Gasteiger partial charge in [-0.2, -0.15) is 0 Å². The molecule has 0 aromatic carbocycles. The van der Waals surface area contributed by atoms with Gasteiger partial charge in [-0.05, 0) is 51.5 Å². The maximum Gasteiger partial charge on any atom is 0.237 e. The summed E-state index contributed by atoms with van der Waals surface area (Å²) >= 11 is 0. The molecule has 0 fully saturated rings. The zero-order valence-corrected chi connectivity index (χ0v) is 13.1. The normalized spacial score (nSPS) is 14.6. The third-order valence-corrected chi connectivity index (χ3v) is 3.36. The summed E-state index contributed by atoms with van der Waals surface area (Å²) in [5, 5.41) is 3.25. The van der Waals surface area contributed by atoms with Crippen LogP contribution in [0.4, 0.5) is 0 Å². The molecule has 1 amide bonds. The van der Waals surface area contributed by atoms with Crippen molar-refractivity contribution in [2.75, 3.05) is 19.8 Å². The number of hydrogen-bond donors (Lipinski definition) is 2. The summed E-state index contributed by atoms with van der Waals surface area (Å²) in [6.07, 6.45) is 4.82. The second-order valence-corrected chi connectivity index (χ2v) is 5.88. The van der Waals surface area contributed by atoms with E-state index in [2.05, 4.69) is 26.1 Å². The minimum absolute atomic E-state index is 0.262. The molecule has 114 valence electrons. The molecule has 4 heteroatoms. The molecule has 0 rings (SSSR count). The SMILES string of the molecule is CCCNC(C)(CCCCOCCC(C)C)C(N)=O. The number of amides is 1. The minimum atomic E-state index is -0.575. The van der Waals surface area contributed by atoms with E-state index < -0.39 is 5.54 Å². The van der Waals surface area contributed by atoms with Gasteiger partial charge in [-0.15, -0.1) is 0 Å². The molecule has 3 N–H and O–H groups in total. The summed E-state index contributed by atoms with van der Waals surface area (Å²) in [4.78, 5) is 11.5. The van der Waals surface area contributed by atoms with Gasteiger partial charge in [-0.1, -0.05) is 20.8 Å². The fourth-order valence-electron chi connectivity index (χ4n) is 1.80. The van der Waals surface area contributed by atoms with Crippen molar-refractivity contribution in [1.82, 2.24) is 5.32 Å². The van der Waals surface area contributed by atoms with Crippen LogP contribution in [0, 0.1) is 5.92 Å². The first-order valence-electron chi connectivity index (χ1n) is 7.55. The van der Waals surface area contributed by atoms with Crippen molar-refractivity contribution in [3.8, 4) is 0 Å². The molecular weight excluding hydrogens is 240 g/mol. The van der Waals surface area contributed by atoms with E-state index in [1.807, 2.05) is 6.92 Å². The summed E-state index contributed by atoms with van der Waals surface area (Å²) in [6, 6.07) is 0. The van der Waals surface area contributed by atoms with Crippen molar-refractivity contribution in [2.24, 2.45) is 11.7 Å². The monoisotopic (exact) mass is 272 g/mol. The first-order chi connectivity index (χ1) is 8.92. The molecular formula is C15H32N2O2. The van der Waals surface area contributed by atoms with Crippen LogP contribution in [-0.2, 0) is 9.53 Å². The Bertz CT molecular complexity index is 244. The van der Waals surface area contributed by atoms with E-state index in [1.54, 1.807) is 0 Å². The largest absolute Gasteiger partial charge is 0.381 e. The van der Waals surface area contributed by atoms with E-state index in [9.17, 15) is 4.79 Å². The lowest BCUT2D eigenvalue weighted by Gasteiger charge is -2.27. The highest BCUT2D eigenvalue weighted by molar-refractivity contribution is 5.84. The number of primary amides is 1. The highest BCUT2D eigenvalue weighted by Gasteiger charge is 2.29. The van der Waals surface area contributed by atoms with E-state index in [1.165, 1.54) is 0 Å². The van der Waals surface area contributed by atoms with Crippen LogP contribution in [0.15, 0.2) is 0 Å². The Morgan fingerprint density at radius 3 is 2.53 bits per heavy atom. The average Bonchev–Trinajstić information content (AvgIpc) is 2.34. The van der Waals surface area contributed by atoms with Gasteiger partial charge in [-0.3, -0.25) is 4.79 Å². The van der Waals surface area contributed by atoms with Crippen molar-refractivity contribution < 1.29 is 9.53 Å². The molecule has 0 spiro atoms. The van der Waals surface area contributed by atoms with Crippen LogP contribution >= 0.6 is 0 Å². The standard InChI is InChI=1S/C15H32N2O2/c1-5-10-17-15(4,14(16)18)9-6-7-11-19-12-8-13(2)3/h13,17H,5-12H2,1-4H3,(H2,16,18). The van der Waals surface area contributed by atoms with E-state index in [4.69, 9.17) is 10.5 Å². The van der Waals surface area contributed by atoms with Crippen LogP contribution in [0.2, 0.25) is 0 Å². The molecule has 0 aliphatic heterocycles. The molecule has 0 heterocycles. The Labute approximate surface area is 118 Å². The summed E-state index contributed by atoms with van der Waals surface area (Å²) in [6.45, 7) is 10.8. The zero-order chi connectivity index (χ0) is 14.7. The van der Waals surface area contributed by atoms with E-state index in [0.717, 1.165) is 51.9 Å². The molecule has 0 aromatic rings. The van der Waals surface area contributed by atoms with Crippen LogP contribution < -0.4 is 11.1 Å². The highest BCUT2D eigenvalue weighted by Crippen LogP contribution is 2.13. The Hall–Kier alpha value is -0.610. The molecule has 0 radical (unpaired) electrons. The van der Waals surface area contributed by atoms with Crippen molar-refractivity contribution in [3.63, 3.8) is 0 Å². The molecule has 0 aliphatic rings. The predicted molar refractivity (Wildman–Crippen MR) is 80.0 cm³/mol. The Balaban J connectivity index is 3.73. The quantitative estimate of drug-likeness (QED) is 0.536. The highest BCUT2D eigenvalue weighted by atomic mass is 16.5. The number of unbranched alkanes of at least 4 members (excludes halogenated alkanes) is 1. The number of hydrogen-bond acceptors (Lipinski definition) is 3. The lowest BCUT2D eigenvalue weighted by molar-refractivity contribution is -0.124. The second-order valence-electron chi connectivity index (χ2n) is 5.88. The smallest absolute Gasteiger partial charge is 0.237 e. The molecule has 1 unspecified atom stereocenters. The maximum atomic E-state index is 11.5. The minimum Gasteiger partial charge on any atom is -0.381 e. The third-order valence-electron chi connectivity index (χ3n) is 3.36. The van der Waals surface area contributed by atoms with Gasteiger partial charge in [0, 0.05) is 13.2 Å². The number of nitrogens with two attached hydrogens (primary N) is 1. The molecule has 19 heavy (non-hydrogen) atoms. The van der Waals surface area contributed by atoms with Crippen LogP contribution in [-0.4, -0.2) is 31.2 Å². The lowest BCUT2D eigenvalue weighted by Crippen LogP contribution is -2.53. The van der Waals surface area contributed by atoms with Gasteiger partial charge >= 0.3 is 0 Å². The maximum absolute atomic E-state index is 11.5. The van der Waals surface area contributed by atoms with Gasteiger partial charge in [0.05, 0.1) is 5.54 Å². The van der Waals surface area contributed by atoms with Gasteiger partial charge in [0.2, 0.25) is 5.91 Å².